The third-order valence-electron chi connectivity index (χ3n) is 2.78. The molecule has 0 fully saturated rings. The molecule has 1 atom stereocenters. The fourth-order valence-electron chi connectivity index (χ4n) is 1.54. The number of nitrogens with one attached hydrogen (secondary N) is 2. The Bertz CT molecular complexity index is 407. The Kier molecular flexibility index (Phi) is 5.99. The Labute approximate surface area is 114 Å². The first-order valence-electron chi connectivity index (χ1n) is 6.35. The molecule has 0 heterocycles. The number of carbonyl (C=O) groups is 1. The van der Waals surface area contributed by atoms with Gasteiger partial charge in [-0.05, 0) is 38.0 Å². The molecule has 3 nitrogen and oxygen atoms in total. The van der Waals surface area contributed by atoms with Crippen molar-refractivity contribution < 1.29 is 4.79 Å². The van der Waals surface area contributed by atoms with Gasteiger partial charge < -0.3 is 10.6 Å². The maximum Gasteiger partial charge on any atom is 0.242 e. The Hall–Kier alpha value is -1.22. The predicted octanol–water partition coefficient (Wildman–Crippen LogP) is 3.37. The van der Waals surface area contributed by atoms with Crippen molar-refractivity contribution in [3.8, 4) is 0 Å². The minimum absolute atomic E-state index is 0.0140. The Morgan fingerprint density at radius 1 is 1.44 bits per heavy atom. The van der Waals surface area contributed by atoms with Gasteiger partial charge in [-0.15, -0.1) is 0 Å². The lowest BCUT2D eigenvalue weighted by Gasteiger charge is -2.15. The molecule has 0 saturated heterocycles. The fourth-order valence-corrected chi connectivity index (χ4v) is 1.72. The summed E-state index contributed by atoms with van der Waals surface area (Å²) in [4.78, 5) is 11.8. The van der Waals surface area contributed by atoms with Crippen molar-refractivity contribution in [1.82, 2.24) is 5.32 Å². The largest absolute Gasteiger partial charge is 0.374 e. The summed E-state index contributed by atoms with van der Waals surface area (Å²) in [5.74, 6) is 0.0140. The standard InChI is InChI=1S/C14H21ClN2O/c1-4-5-8-16-14(18)11(3)17-12-7-6-10(2)13(15)9-12/h6-7,9,11,17H,4-5,8H2,1-3H3,(H,16,18). The highest BCUT2D eigenvalue weighted by Gasteiger charge is 2.11. The molecule has 4 heteroatoms. The highest BCUT2D eigenvalue weighted by molar-refractivity contribution is 6.31. The van der Waals surface area contributed by atoms with E-state index in [-0.39, 0.29) is 11.9 Å². The minimum atomic E-state index is -0.263. The molecule has 0 saturated carbocycles. The number of carbonyl (C=O) groups excluding carboxylic acids is 1. The second kappa shape index (κ2) is 7.27. The molecule has 1 rings (SSSR count). The van der Waals surface area contributed by atoms with Crippen molar-refractivity contribution in [1.29, 1.82) is 0 Å². The molecule has 18 heavy (non-hydrogen) atoms. The summed E-state index contributed by atoms with van der Waals surface area (Å²) in [5.41, 5.74) is 1.89. The maximum atomic E-state index is 11.8. The lowest BCUT2D eigenvalue weighted by atomic mass is 10.2. The van der Waals surface area contributed by atoms with E-state index in [9.17, 15) is 4.79 Å². The Balaban J connectivity index is 2.50. The molecule has 100 valence electrons. The average molecular weight is 269 g/mol. The zero-order chi connectivity index (χ0) is 13.5. The number of aryl methyl sites for hydroxylation is 1. The van der Waals surface area contributed by atoms with Gasteiger partial charge in [0.15, 0.2) is 0 Å². The summed E-state index contributed by atoms with van der Waals surface area (Å²) < 4.78 is 0. The van der Waals surface area contributed by atoms with E-state index in [1.165, 1.54) is 0 Å². The SMILES string of the molecule is CCCCNC(=O)C(C)Nc1ccc(C)c(Cl)c1. The number of halogens is 1. The number of unbranched alkanes of at least 4 members (excludes halogenated alkanes) is 1. The number of rotatable bonds is 6. The number of amides is 1. The summed E-state index contributed by atoms with van der Waals surface area (Å²) in [6, 6.07) is 5.44. The van der Waals surface area contributed by atoms with E-state index in [2.05, 4.69) is 17.6 Å². The van der Waals surface area contributed by atoms with E-state index >= 15 is 0 Å². The maximum absolute atomic E-state index is 11.8. The molecule has 0 aromatic heterocycles. The summed E-state index contributed by atoms with van der Waals surface area (Å²) in [7, 11) is 0. The molecule has 0 aliphatic rings. The van der Waals surface area contributed by atoms with Crippen LogP contribution >= 0.6 is 11.6 Å². The molecule has 0 radical (unpaired) electrons. The van der Waals surface area contributed by atoms with Crippen LogP contribution in [0.4, 0.5) is 5.69 Å². The number of benzene rings is 1. The molecule has 0 bridgehead atoms. The van der Waals surface area contributed by atoms with Crippen molar-refractivity contribution in [2.24, 2.45) is 0 Å². The van der Waals surface area contributed by atoms with Crippen molar-refractivity contribution in [2.45, 2.75) is 39.7 Å². The van der Waals surface area contributed by atoms with Gasteiger partial charge in [-0.25, -0.2) is 0 Å². The van der Waals surface area contributed by atoms with Gasteiger partial charge in [0.1, 0.15) is 6.04 Å². The molecule has 1 aromatic rings. The van der Waals surface area contributed by atoms with Gasteiger partial charge in [-0.1, -0.05) is 31.0 Å². The summed E-state index contributed by atoms with van der Waals surface area (Å²) in [6.07, 6.45) is 2.09. The smallest absolute Gasteiger partial charge is 0.242 e. The number of anilines is 1. The highest BCUT2D eigenvalue weighted by Crippen LogP contribution is 2.20. The highest BCUT2D eigenvalue weighted by atomic mass is 35.5. The second-order valence-electron chi connectivity index (χ2n) is 4.47. The van der Waals surface area contributed by atoms with Gasteiger partial charge in [-0.3, -0.25) is 4.79 Å². The lowest BCUT2D eigenvalue weighted by Crippen LogP contribution is -2.37. The Morgan fingerprint density at radius 3 is 2.78 bits per heavy atom. The van der Waals surface area contributed by atoms with Crippen molar-refractivity contribution in [3.63, 3.8) is 0 Å². The van der Waals surface area contributed by atoms with Gasteiger partial charge in [0.2, 0.25) is 5.91 Å². The second-order valence-corrected chi connectivity index (χ2v) is 4.88. The van der Waals surface area contributed by atoms with Gasteiger partial charge in [0, 0.05) is 17.3 Å². The molecular weight excluding hydrogens is 248 g/mol. The van der Waals surface area contributed by atoms with Crippen LogP contribution in [0, 0.1) is 6.92 Å². The monoisotopic (exact) mass is 268 g/mol. The predicted molar refractivity (Wildman–Crippen MR) is 77.2 cm³/mol. The topological polar surface area (TPSA) is 41.1 Å². The van der Waals surface area contributed by atoms with Crippen LogP contribution in [-0.4, -0.2) is 18.5 Å². The third kappa shape index (κ3) is 4.57. The first kappa shape index (κ1) is 14.8. The molecule has 1 amide bonds. The van der Waals surface area contributed by atoms with Crippen LogP contribution in [0.3, 0.4) is 0 Å². The first-order valence-corrected chi connectivity index (χ1v) is 6.72. The zero-order valence-electron chi connectivity index (χ0n) is 11.2. The van der Waals surface area contributed by atoms with E-state index in [0.29, 0.717) is 5.02 Å². The van der Waals surface area contributed by atoms with Crippen molar-refractivity contribution in [3.05, 3.63) is 28.8 Å². The summed E-state index contributed by atoms with van der Waals surface area (Å²) >= 11 is 6.04. The molecule has 1 unspecified atom stereocenters. The van der Waals surface area contributed by atoms with Gasteiger partial charge in [-0.2, -0.15) is 0 Å². The van der Waals surface area contributed by atoms with E-state index in [1.807, 2.05) is 32.0 Å². The molecule has 1 aromatic carbocycles. The van der Waals surface area contributed by atoms with Crippen molar-refractivity contribution in [2.75, 3.05) is 11.9 Å². The number of hydrogen-bond acceptors (Lipinski definition) is 2. The van der Waals surface area contributed by atoms with E-state index in [4.69, 9.17) is 11.6 Å². The number of hydrogen-bond donors (Lipinski definition) is 2. The fraction of sp³-hybridized carbons (Fsp3) is 0.500. The van der Waals surface area contributed by atoms with Gasteiger partial charge in [0.25, 0.3) is 0 Å². The van der Waals surface area contributed by atoms with Crippen LogP contribution in [0.25, 0.3) is 0 Å². The molecule has 0 spiro atoms. The molecule has 2 N–H and O–H groups in total. The summed E-state index contributed by atoms with van der Waals surface area (Å²) in [5, 5.41) is 6.74. The zero-order valence-corrected chi connectivity index (χ0v) is 12.0. The van der Waals surface area contributed by atoms with Crippen LogP contribution in [0.2, 0.25) is 5.02 Å². The van der Waals surface area contributed by atoms with E-state index in [0.717, 1.165) is 30.6 Å². The summed E-state index contributed by atoms with van der Waals surface area (Å²) in [6.45, 7) is 6.63. The van der Waals surface area contributed by atoms with Crippen molar-refractivity contribution >= 4 is 23.2 Å². The molecule has 0 aliphatic carbocycles. The average Bonchev–Trinajstić information content (AvgIpc) is 2.34. The molecule has 0 aliphatic heterocycles. The minimum Gasteiger partial charge on any atom is -0.374 e. The molecular formula is C14H21ClN2O. The lowest BCUT2D eigenvalue weighted by molar-refractivity contribution is -0.121. The van der Waals surface area contributed by atoms with E-state index < -0.39 is 0 Å². The van der Waals surface area contributed by atoms with Crippen LogP contribution < -0.4 is 10.6 Å². The Morgan fingerprint density at radius 2 is 2.17 bits per heavy atom. The van der Waals surface area contributed by atoms with Crippen LogP contribution in [0.5, 0.6) is 0 Å². The van der Waals surface area contributed by atoms with E-state index in [1.54, 1.807) is 0 Å². The quantitative estimate of drug-likeness (QED) is 0.777. The first-order chi connectivity index (χ1) is 8.54. The van der Waals surface area contributed by atoms with Crippen LogP contribution in [0.15, 0.2) is 18.2 Å². The van der Waals surface area contributed by atoms with Gasteiger partial charge >= 0.3 is 0 Å². The third-order valence-corrected chi connectivity index (χ3v) is 3.19. The van der Waals surface area contributed by atoms with Gasteiger partial charge in [0.05, 0.1) is 0 Å². The normalized spacial score (nSPS) is 12.0. The van der Waals surface area contributed by atoms with Crippen LogP contribution in [0.1, 0.15) is 32.3 Å². The van der Waals surface area contributed by atoms with Crippen LogP contribution in [-0.2, 0) is 4.79 Å².